The third kappa shape index (κ3) is 4.16. The predicted molar refractivity (Wildman–Crippen MR) is 62.1 cm³/mol. The quantitative estimate of drug-likeness (QED) is 0.484. The second-order valence-electron chi connectivity index (χ2n) is 3.30. The lowest BCUT2D eigenvalue weighted by atomic mass is 10.3. The number of aldehydes is 1. The Labute approximate surface area is 93.3 Å². The molecule has 0 aliphatic heterocycles. The lowest BCUT2D eigenvalue weighted by molar-refractivity contribution is -0.127. The maximum Gasteiger partial charge on any atom is 0.288 e. The maximum atomic E-state index is 10.8. The highest BCUT2D eigenvalue weighted by molar-refractivity contribution is 7.99. The standard InChI is InChI=1S/C11H13NO2S/c1-8(2)15-10-5-3-9(4-6-10)12-11(14)7-13/h3-8H,1-2H3,(H,12,14). The van der Waals surface area contributed by atoms with Crippen molar-refractivity contribution in [2.24, 2.45) is 0 Å². The van der Waals surface area contributed by atoms with E-state index < -0.39 is 5.91 Å². The first-order valence-corrected chi connectivity index (χ1v) is 5.52. The van der Waals surface area contributed by atoms with Gasteiger partial charge in [-0.05, 0) is 24.3 Å². The predicted octanol–water partition coefficient (Wildman–Crippen LogP) is 2.32. The highest BCUT2D eigenvalue weighted by Crippen LogP contribution is 2.23. The summed E-state index contributed by atoms with van der Waals surface area (Å²) in [5.74, 6) is -0.626. The summed E-state index contributed by atoms with van der Waals surface area (Å²) in [6.45, 7) is 4.24. The molecule has 0 heterocycles. The first-order chi connectivity index (χ1) is 7.11. The fourth-order valence-electron chi connectivity index (χ4n) is 1.06. The van der Waals surface area contributed by atoms with E-state index in [1.807, 2.05) is 12.1 Å². The van der Waals surface area contributed by atoms with Crippen molar-refractivity contribution in [3.63, 3.8) is 0 Å². The molecule has 0 bridgehead atoms. The Morgan fingerprint density at radius 1 is 1.33 bits per heavy atom. The van der Waals surface area contributed by atoms with Crippen molar-refractivity contribution in [1.82, 2.24) is 0 Å². The van der Waals surface area contributed by atoms with E-state index in [2.05, 4.69) is 19.2 Å². The molecule has 80 valence electrons. The fraction of sp³-hybridized carbons (Fsp3) is 0.273. The summed E-state index contributed by atoms with van der Waals surface area (Å²) < 4.78 is 0. The summed E-state index contributed by atoms with van der Waals surface area (Å²) in [7, 11) is 0. The molecule has 0 aromatic heterocycles. The molecule has 0 saturated carbocycles. The Kier molecular flexibility index (Phi) is 4.37. The zero-order chi connectivity index (χ0) is 11.3. The molecular formula is C11H13NO2S. The van der Waals surface area contributed by atoms with E-state index in [9.17, 15) is 9.59 Å². The van der Waals surface area contributed by atoms with Gasteiger partial charge in [0.25, 0.3) is 5.91 Å². The van der Waals surface area contributed by atoms with E-state index in [1.54, 1.807) is 23.9 Å². The van der Waals surface area contributed by atoms with Gasteiger partial charge in [-0.15, -0.1) is 11.8 Å². The van der Waals surface area contributed by atoms with Gasteiger partial charge in [0.1, 0.15) is 0 Å². The number of amides is 1. The average Bonchev–Trinajstić information content (AvgIpc) is 2.20. The second-order valence-corrected chi connectivity index (χ2v) is 4.95. The van der Waals surface area contributed by atoms with Gasteiger partial charge in [0.2, 0.25) is 6.29 Å². The van der Waals surface area contributed by atoms with Crippen LogP contribution in [0.3, 0.4) is 0 Å². The molecule has 0 fully saturated rings. The van der Waals surface area contributed by atoms with E-state index >= 15 is 0 Å². The van der Waals surface area contributed by atoms with Gasteiger partial charge in [-0.3, -0.25) is 9.59 Å². The molecule has 3 nitrogen and oxygen atoms in total. The van der Waals surface area contributed by atoms with Crippen LogP contribution in [0.5, 0.6) is 0 Å². The van der Waals surface area contributed by atoms with E-state index in [4.69, 9.17) is 0 Å². The average molecular weight is 223 g/mol. The number of anilines is 1. The van der Waals surface area contributed by atoms with Crippen LogP contribution in [0, 0.1) is 0 Å². The molecule has 0 spiro atoms. The Balaban J connectivity index is 2.63. The van der Waals surface area contributed by atoms with Gasteiger partial charge in [-0.2, -0.15) is 0 Å². The fourth-order valence-corrected chi connectivity index (χ4v) is 1.90. The summed E-state index contributed by atoms with van der Waals surface area (Å²) in [5.41, 5.74) is 0.639. The van der Waals surface area contributed by atoms with Crippen LogP contribution in [0.4, 0.5) is 5.69 Å². The Morgan fingerprint density at radius 2 is 1.93 bits per heavy atom. The van der Waals surface area contributed by atoms with Crippen LogP contribution in [0.15, 0.2) is 29.2 Å². The minimum absolute atomic E-state index is 0.261. The lowest BCUT2D eigenvalue weighted by Gasteiger charge is -2.06. The minimum atomic E-state index is -0.626. The first kappa shape index (κ1) is 11.8. The molecule has 1 amide bonds. The summed E-state index contributed by atoms with van der Waals surface area (Å²) >= 11 is 1.75. The van der Waals surface area contributed by atoms with Gasteiger partial charge in [0.05, 0.1) is 0 Å². The summed E-state index contributed by atoms with van der Waals surface area (Å²) in [6, 6.07) is 7.41. The molecule has 1 N–H and O–H groups in total. The van der Waals surface area contributed by atoms with Crippen LogP contribution in [-0.4, -0.2) is 17.4 Å². The van der Waals surface area contributed by atoms with Crippen LogP contribution in [0.1, 0.15) is 13.8 Å². The largest absolute Gasteiger partial charge is 0.320 e. The summed E-state index contributed by atoms with van der Waals surface area (Å²) in [6.07, 6.45) is 0.261. The Morgan fingerprint density at radius 3 is 2.40 bits per heavy atom. The molecule has 0 unspecified atom stereocenters. The number of nitrogens with one attached hydrogen (secondary N) is 1. The normalized spacial score (nSPS) is 10.1. The monoisotopic (exact) mass is 223 g/mol. The van der Waals surface area contributed by atoms with Gasteiger partial charge in [-0.25, -0.2) is 0 Å². The lowest BCUT2D eigenvalue weighted by Crippen LogP contribution is -2.11. The van der Waals surface area contributed by atoms with Crippen molar-refractivity contribution in [3.05, 3.63) is 24.3 Å². The molecule has 0 saturated heterocycles. The van der Waals surface area contributed by atoms with Crippen molar-refractivity contribution in [2.45, 2.75) is 24.0 Å². The van der Waals surface area contributed by atoms with E-state index in [0.29, 0.717) is 10.9 Å². The second kappa shape index (κ2) is 5.56. The van der Waals surface area contributed by atoms with E-state index in [-0.39, 0.29) is 6.29 Å². The molecule has 1 aromatic rings. The zero-order valence-electron chi connectivity index (χ0n) is 8.69. The topological polar surface area (TPSA) is 46.2 Å². The van der Waals surface area contributed by atoms with Crippen LogP contribution in [-0.2, 0) is 9.59 Å². The number of thioether (sulfide) groups is 1. The number of benzene rings is 1. The van der Waals surface area contributed by atoms with Crippen LogP contribution >= 0.6 is 11.8 Å². The third-order valence-corrected chi connectivity index (χ3v) is 2.62. The Hall–Kier alpha value is -1.29. The molecule has 0 radical (unpaired) electrons. The van der Waals surface area contributed by atoms with Crippen molar-refractivity contribution < 1.29 is 9.59 Å². The number of rotatable bonds is 4. The highest BCUT2D eigenvalue weighted by atomic mass is 32.2. The van der Waals surface area contributed by atoms with Gasteiger partial charge in [0.15, 0.2) is 0 Å². The molecule has 1 rings (SSSR count). The SMILES string of the molecule is CC(C)Sc1ccc(NC(=O)C=O)cc1. The molecule has 0 atom stereocenters. The van der Waals surface area contributed by atoms with E-state index in [0.717, 1.165) is 4.90 Å². The van der Waals surface area contributed by atoms with Crippen molar-refractivity contribution in [2.75, 3.05) is 5.32 Å². The van der Waals surface area contributed by atoms with Gasteiger partial charge in [-0.1, -0.05) is 13.8 Å². The molecule has 15 heavy (non-hydrogen) atoms. The van der Waals surface area contributed by atoms with Crippen molar-refractivity contribution >= 4 is 29.6 Å². The van der Waals surface area contributed by atoms with Crippen LogP contribution < -0.4 is 5.32 Å². The minimum Gasteiger partial charge on any atom is -0.320 e. The molecule has 0 aliphatic rings. The van der Waals surface area contributed by atoms with Crippen molar-refractivity contribution in [3.8, 4) is 0 Å². The van der Waals surface area contributed by atoms with Crippen molar-refractivity contribution in [1.29, 1.82) is 0 Å². The van der Waals surface area contributed by atoms with Gasteiger partial charge >= 0.3 is 0 Å². The molecular weight excluding hydrogens is 210 g/mol. The van der Waals surface area contributed by atoms with Crippen LogP contribution in [0.25, 0.3) is 0 Å². The van der Waals surface area contributed by atoms with E-state index in [1.165, 1.54) is 0 Å². The summed E-state index contributed by atoms with van der Waals surface area (Å²) in [5, 5.41) is 2.98. The highest BCUT2D eigenvalue weighted by Gasteiger charge is 2.01. The maximum absolute atomic E-state index is 10.8. The number of carbonyl (C=O) groups excluding carboxylic acids is 2. The van der Waals surface area contributed by atoms with Gasteiger partial charge in [0, 0.05) is 15.8 Å². The molecule has 4 heteroatoms. The first-order valence-electron chi connectivity index (χ1n) is 4.64. The summed E-state index contributed by atoms with van der Waals surface area (Å²) in [4.78, 5) is 22.0. The zero-order valence-corrected chi connectivity index (χ0v) is 9.51. The number of hydrogen-bond acceptors (Lipinski definition) is 3. The number of carbonyl (C=O) groups is 2. The third-order valence-electron chi connectivity index (χ3n) is 1.60. The van der Waals surface area contributed by atoms with Gasteiger partial charge < -0.3 is 5.32 Å². The Bertz CT molecular complexity index is 346. The molecule has 1 aromatic carbocycles. The molecule has 0 aliphatic carbocycles. The smallest absolute Gasteiger partial charge is 0.288 e. The number of hydrogen-bond donors (Lipinski definition) is 1. The van der Waals surface area contributed by atoms with Crippen LogP contribution in [0.2, 0.25) is 0 Å².